The van der Waals surface area contributed by atoms with Gasteiger partial charge in [-0.15, -0.1) is 0 Å². The molecule has 0 fully saturated rings. The molecule has 0 spiro atoms. The van der Waals surface area contributed by atoms with E-state index >= 15 is 0 Å². The van der Waals surface area contributed by atoms with Gasteiger partial charge in [-0.1, -0.05) is 24.6 Å². The molecule has 1 aromatic carbocycles. The average Bonchev–Trinajstić information content (AvgIpc) is 2.63. The van der Waals surface area contributed by atoms with Crippen LogP contribution < -0.4 is 5.73 Å². The minimum atomic E-state index is 0.212. The predicted molar refractivity (Wildman–Crippen MR) is 80.9 cm³/mol. The van der Waals surface area contributed by atoms with E-state index in [0.717, 1.165) is 24.1 Å². The molecule has 1 aliphatic rings. The third-order valence-corrected chi connectivity index (χ3v) is 3.85. The third kappa shape index (κ3) is 2.69. The van der Waals surface area contributed by atoms with Crippen molar-refractivity contribution in [2.24, 2.45) is 5.73 Å². The molecule has 0 saturated carbocycles. The molecule has 0 aliphatic heterocycles. The van der Waals surface area contributed by atoms with Gasteiger partial charge < -0.3 is 5.73 Å². The van der Waals surface area contributed by atoms with Crippen molar-refractivity contribution in [3.8, 4) is 0 Å². The summed E-state index contributed by atoms with van der Waals surface area (Å²) in [5, 5.41) is 1.21. The highest BCUT2D eigenvalue weighted by Gasteiger charge is 2.10. The molecular formula is C17H20N2. The Morgan fingerprint density at radius 3 is 2.95 bits per heavy atom. The van der Waals surface area contributed by atoms with E-state index in [1.54, 1.807) is 0 Å². The Labute approximate surface area is 114 Å². The summed E-state index contributed by atoms with van der Waals surface area (Å²) in [6.45, 7) is 2.03. The zero-order valence-corrected chi connectivity index (χ0v) is 11.4. The number of benzene rings is 1. The highest BCUT2D eigenvalue weighted by molar-refractivity contribution is 5.83. The number of nitrogens with zero attached hydrogens (tertiary/aromatic N) is 1. The van der Waals surface area contributed by atoms with Gasteiger partial charge in [0.1, 0.15) is 0 Å². The molecule has 1 aliphatic carbocycles. The number of hydrogen-bond acceptors (Lipinski definition) is 2. The van der Waals surface area contributed by atoms with E-state index in [1.807, 2.05) is 6.92 Å². The van der Waals surface area contributed by atoms with E-state index < -0.39 is 0 Å². The van der Waals surface area contributed by atoms with Gasteiger partial charge in [-0.2, -0.15) is 0 Å². The van der Waals surface area contributed by atoms with Crippen molar-refractivity contribution >= 4 is 16.5 Å². The number of fused-ring (bicyclic) bond motifs is 1. The molecule has 2 heteroatoms. The number of hydrogen-bond donors (Lipinski definition) is 1. The Balaban J connectivity index is 2.03. The van der Waals surface area contributed by atoms with E-state index in [-0.39, 0.29) is 6.04 Å². The molecule has 0 radical (unpaired) electrons. The van der Waals surface area contributed by atoms with Crippen molar-refractivity contribution in [2.75, 3.05) is 0 Å². The highest BCUT2D eigenvalue weighted by Crippen LogP contribution is 2.27. The Bertz CT molecular complexity index is 628. The maximum Gasteiger partial charge on any atom is 0.0705 e. The van der Waals surface area contributed by atoms with Gasteiger partial charge in [-0.3, -0.25) is 4.98 Å². The summed E-state index contributed by atoms with van der Waals surface area (Å²) < 4.78 is 0. The van der Waals surface area contributed by atoms with Gasteiger partial charge in [-0.05, 0) is 55.5 Å². The molecule has 0 bridgehead atoms. The number of allylic oxidation sites excluding steroid dienone is 1. The molecule has 1 heterocycles. The number of aromatic nitrogens is 1. The Morgan fingerprint density at radius 2 is 2.05 bits per heavy atom. The average molecular weight is 252 g/mol. The Kier molecular flexibility index (Phi) is 3.34. The van der Waals surface area contributed by atoms with Crippen LogP contribution in [0.4, 0.5) is 0 Å². The highest BCUT2D eigenvalue weighted by atomic mass is 14.7. The van der Waals surface area contributed by atoms with Gasteiger partial charge in [0.15, 0.2) is 0 Å². The lowest BCUT2D eigenvalue weighted by atomic mass is 9.99. The van der Waals surface area contributed by atoms with Crippen LogP contribution in [-0.4, -0.2) is 11.0 Å². The van der Waals surface area contributed by atoms with Crippen LogP contribution in [0, 0.1) is 6.92 Å². The van der Waals surface area contributed by atoms with E-state index in [4.69, 9.17) is 5.73 Å². The molecular weight excluding hydrogens is 232 g/mol. The maximum absolute atomic E-state index is 6.11. The van der Waals surface area contributed by atoms with E-state index in [2.05, 4.69) is 41.4 Å². The monoisotopic (exact) mass is 252 g/mol. The summed E-state index contributed by atoms with van der Waals surface area (Å²) in [5.74, 6) is 0. The fraction of sp³-hybridized carbons (Fsp3) is 0.353. The lowest BCUT2D eigenvalue weighted by Gasteiger charge is -2.08. The molecule has 19 heavy (non-hydrogen) atoms. The van der Waals surface area contributed by atoms with Crippen LogP contribution in [0.1, 0.15) is 36.9 Å². The van der Waals surface area contributed by atoms with E-state index in [0.29, 0.717) is 0 Å². The lowest BCUT2D eigenvalue weighted by Crippen LogP contribution is -2.15. The van der Waals surface area contributed by atoms with Crippen LogP contribution in [-0.2, 0) is 0 Å². The largest absolute Gasteiger partial charge is 0.324 e. The second-order valence-electron chi connectivity index (χ2n) is 5.46. The van der Waals surface area contributed by atoms with Gasteiger partial charge in [-0.25, -0.2) is 0 Å². The van der Waals surface area contributed by atoms with Gasteiger partial charge in [0.2, 0.25) is 0 Å². The normalized spacial score (nSPS) is 20.1. The molecule has 0 amide bonds. The van der Waals surface area contributed by atoms with Crippen LogP contribution in [0.25, 0.3) is 16.5 Å². The zero-order chi connectivity index (χ0) is 13.2. The first-order valence-corrected chi connectivity index (χ1v) is 7.06. The smallest absolute Gasteiger partial charge is 0.0705 e. The standard InChI is InChI=1S/C17H20N2/c1-12-6-7-15-10-14(8-9-17(15)19-12)13-4-2-3-5-16(18)11-13/h6-11,16H,2-5,18H2,1H3. The van der Waals surface area contributed by atoms with Crippen LogP contribution >= 0.6 is 0 Å². The molecule has 1 aromatic heterocycles. The fourth-order valence-corrected chi connectivity index (χ4v) is 2.79. The molecule has 2 N–H and O–H groups in total. The summed E-state index contributed by atoms with van der Waals surface area (Å²) in [6.07, 6.45) is 6.96. The second-order valence-corrected chi connectivity index (χ2v) is 5.46. The van der Waals surface area contributed by atoms with Crippen molar-refractivity contribution in [3.63, 3.8) is 0 Å². The molecule has 2 nitrogen and oxygen atoms in total. The Morgan fingerprint density at radius 1 is 1.16 bits per heavy atom. The minimum Gasteiger partial charge on any atom is -0.324 e. The Hall–Kier alpha value is -1.67. The van der Waals surface area contributed by atoms with Crippen molar-refractivity contribution in [2.45, 2.75) is 38.6 Å². The molecule has 1 unspecified atom stereocenters. The summed E-state index contributed by atoms with van der Waals surface area (Å²) in [7, 11) is 0. The fourth-order valence-electron chi connectivity index (χ4n) is 2.79. The summed E-state index contributed by atoms with van der Waals surface area (Å²) in [6, 6.07) is 11.0. The first-order chi connectivity index (χ1) is 9.22. The van der Waals surface area contributed by atoms with E-state index in [1.165, 1.54) is 29.4 Å². The summed E-state index contributed by atoms with van der Waals surface area (Å²) >= 11 is 0. The molecule has 2 aromatic rings. The zero-order valence-electron chi connectivity index (χ0n) is 11.4. The second kappa shape index (κ2) is 5.14. The van der Waals surface area contributed by atoms with Gasteiger partial charge in [0.05, 0.1) is 5.52 Å². The maximum atomic E-state index is 6.11. The number of pyridine rings is 1. The van der Waals surface area contributed by atoms with Gasteiger partial charge >= 0.3 is 0 Å². The molecule has 3 rings (SSSR count). The van der Waals surface area contributed by atoms with Crippen molar-refractivity contribution in [1.29, 1.82) is 0 Å². The van der Waals surface area contributed by atoms with Crippen LogP contribution in [0.5, 0.6) is 0 Å². The van der Waals surface area contributed by atoms with Crippen molar-refractivity contribution in [3.05, 3.63) is 47.7 Å². The quantitative estimate of drug-likeness (QED) is 0.837. The molecule has 98 valence electrons. The number of nitrogens with two attached hydrogens (primary N) is 1. The van der Waals surface area contributed by atoms with Crippen molar-refractivity contribution in [1.82, 2.24) is 4.98 Å². The minimum absolute atomic E-state index is 0.212. The number of aryl methyl sites for hydroxylation is 1. The van der Waals surface area contributed by atoms with Crippen molar-refractivity contribution < 1.29 is 0 Å². The van der Waals surface area contributed by atoms with Gasteiger partial charge in [0, 0.05) is 17.1 Å². The predicted octanol–water partition coefficient (Wildman–Crippen LogP) is 3.83. The lowest BCUT2D eigenvalue weighted by molar-refractivity contribution is 0.658. The van der Waals surface area contributed by atoms with Gasteiger partial charge in [0.25, 0.3) is 0 Å². The first-order valence-electron chi connectivity index (χ1n) is 7.06. The topological polar surface area (TPSA) is 38.9 Å². The van der Waals surface area contributed by atoms with Crippen LogP contribution in [0.2, 0.25) is 0 Å². The third-order valence-electron chi connectivity index (χ3n) is 3.85. The van der Waals surface area contributed by atoms with Crippen LogP contribution in [0.3, 0.4) is 0 Å². The molecule has 1 atom stereocenters. The summed E-state index contributed by atoms with van der Waals surface area (Å²) in [5.41, 5.74) is 10.9. The van der Waals surface area contributed by atoms with E-state index in [9.17, 15) is 0 Å². The molecule has 0 saturated heterocycles. The SMILES string of the molecule is Cc1ccc2cc(C3=CC(N)CCCC3)ccc2n1. The van der Waals surface area contributed by atoms with Crippen LogP contribution in [0.15, 0.2) is 36.4 Å². The number of rotatable bonds is 1. The summed E-state index contributed by atoms with van der Waals surface area (Å²) in [4.78, 5) is 4.55. The first kappa shape index (κ1) is 12.4.